The van der Waals surface area contributed by atoms with Gasteiger partial charge in [-0.05, 0) is 12.1 Å². The van der Waals surface area contributed by atoms with Crippen molar-refractivity contribution < 1.29 is 19.4 Å². The summed E-state index contributed by atoms with van der Waals surface area (Å²) in [5, 5.41) is 9.01. The van der Waals surface area contributed by atoms with Crippen molar-refractivity contribution in [2.45, 2.75) is 0 Å². The molecule has 1 heterocycles. The van der Waals surface area contributed by atoms with Crippen molar-refractivity contribution in [2.75, 3.05) is 14.2 Å². The summed E-state index contributed by atoms with van der Waals surface area (Å²) in [5.74, 6) is -0.0999. The average molecular weight is 295 g/mol. The van der Waals surface area contributed by atoms with E-state index in [0.717, 1.165) is 0 Å². The molecule has 20 heavy (non-hydrogen) atoms. The normalized spacial score (nSPS) is 10.2. The molecule has 0 atom stereocenters. The van der Waals surface area contributed by atoms with Crippen molar-refractivity contribution in [3.05, 3.63) is 35.1 Å². The predicted octanol–water partition coefficient (Wildman–Crippen LogP) is 2.51. The standard InChI is InChI=1S/C13H11ClN2O4/c1-19-9-5-3-4-7(11(9)20-2)12-15-6-8(14)10(16-12)13(17)18/h3-6H,1-2H3,(H,17,18). The Kier molecular flexibility index (Phi) is 4.05. The Hall–Kier alpha value is -2.34. The van der Waals surface area contributed by atoms with Gasteiger partial charge in [-0.3, -0.25) is 0 Å². The Morgan fingerprint density at radius 3 is 2.65 bits per heavy atom. The third-order valence-electron chi connectivity index (χ3n) is 2.59. The van der Waals surface area contributed by atoms with E-state index in [1.54, 1.807) is 18.2 Å². The summed E-state index contributed by atoms with van der Waals surface area (Å²) in [6.07, 6.45) is 1.24. The number of ether oxygens (including phenoxy) is 2. The quantitative estimate of drug-likeness (QED) is 0.933. The second kappa shape index (κ2) is 5.75. The van der Waals surface area contributed by atoms with Gasteiger partial charge in [0.05, 0.1) is 31.0 Å². The summed E-state index contributed by atoms with van der Waals surface area (Å²) in [6.45, 7) is 0. The zero-order valence-corrected chi connectivity index (χ0v) is 11.5. The van der Waals surface area contributed by atoms with E-state index in [-0.39, 0.29) is 16.5 Å². The summed E-state index contributed by atoms with van der Waals surface area (Å²) in [5.41, 5.74) is 0.257. The Balaban J connectivity index is 2.63. The van der Waals surface area contributed by atoms with Gasteiger partial charge in [-0.15, -0.1) is 0 Å². The number of carbonyl (C=O) groups is 1. The van der Waals surface area contributed by atoms with E-state index in [1.807, 2.05) is 0 Å². The monoisotopic (exact) mass is 294 g/mol. The minimum atomic E-state index is -1.22. The molecule has 0 radical (unpaired) electrons. The van der Waals surface area contributed by atoms with Gasteiger partial charge >= 0.3 is 5.97 Å². The van der Waals surface area contributed by atoms with E-state index in [2.05, 4.69) is 9.97 Å². The lowest BCUT2D eigenvalue weighted by atomic mass is 10.1. The van der Waals surface area contributed by atoms with Crippen LogP contribution in [0.1, 0.15) is 10.5 Å². The van der Waals surface area contributed by atoms with Crippen molar-refractivity contribution in [3.63, 3.8) is 0 Å². The summed E-state index contributed by atoms with van der Waals surface area (Å²) in [6, 6.07) is 5.15. The van der Waals surface area contributed by atoms with Crippen LogP contribution in [0.5, 0.6) is 11.5 Å². The van der Waals surface area contributed by atoms with Crippen molar-refractivity contribution >= 4 is 17.6 Å². The first-order valence-corrected chi connectivity index (χ1v) is 5.93. The van der Waals surface area contributed by atoms with Crippen molar-refractivity contribution in [1.82, 2.24) is 9.97 Å². The molecule has 0 fully saturated rings. The molecule has 0 spiro atoms. The average Bonchev–Trinajstić information content (AvgIpc) is 2.46. The number of aromatic carboxylic acids is 1. The summed E-state index contributed by atoms with van der Waals surface area (Å²) < 4.78 is 10.4. The molecule has 1 aromatic carbocycles. The van der Waals surface area contributed by atoms with E-state index in [9.17, 15) is 4.79 Å². The Bertz CT molecular complexity index is 661. The van der Waals surface area contributed by atoms with Gasteiger partial charge < -0.3 is 14.6 Å². The molecule has 0 unspecified atom stereocenters. The third kappa shape index (κ3) is 2.50. The first-order chi connectivity index (χ1) is 9.58. The summed E-state index contributed by atoms with van der Waals surface area (Å²) in [7, 11) is 2.99. The van der Waals surface area contributed by atoms with E-state index >= 15 is 0 Å². The number of carboxylic acids is 1. The highest BCUT2D eigenvalue weighted by molar-refractivity contribution is 6.33. The molecule has 1 N–H and O–H groups in total. The number of benzene rings is 1. The first kappa shape index (κ1) is 14.1. The number of carboxylic acid groups (broad SMARTS) is 1. The van der Waals surface area contributed by atoms with Gasteiger partial charge in [-0.1, -0.05) is 17.7 Å². The van der Waals surface area contributed by atoms with Crippen molar-refractivity contribution in [3.8, 4) is 22.9 Å². The highest BCUT2D eigenvalue weighted by Gasteiger charge is 2.17. The van der Waals surface area contributed by atoms with Crippen LogP contribution in [0.25, 0.3) is 11.4 Å². The number of hydrogen-bond acceptors (Lipinski definition) is 5. The van der Waals surface area contributed by atoms with Gasteiger partial charge in [-0.2, -0.15) is 0 Å². The van der Waals surface area contributed by atoms with E-state index in [0.29, 0.717) is 17.1 Å². The molecular formula is C13H11ClN2O4. The lowest BCUT2D eigenvalue weighted by Gasteiger charge is -2.11. The number of hydrogen-bond donors (Lipinski definition) is 1. The molecule has 0 bridgehead atoms. The summed E-state index contributed by atoms with van der Waals surface area (Å²) in [4.78, 5) is 19.0. The fraction of sp³-hybridized carbons (Fsp3) is 0.154. The van der Waals surface area contributed by atoms with Crippen LogP contribution in [-0.2, 0) is 0 Å². The number of rotatable bonds is 4. The maximum absolute atomic E-state index is 11.1. The Labute approximate surface area is 120 Å². The molecule has 0 aliphatic heterocycles. The lowest BCUT2D eigenvalue weighted by Crippen LogP contribution is -2.04. The van der Waals surface area contributed by atoms with Gasteiger partial charge in [0.2, 0.25) is 0 Å². The molecule has 2 rings (SSSR count). The highest BCUT2D eigenvalue weighted by Crippen LogP contribution is 2.36. The van der Waals surface area contributed by atoms with Crippen molar-refractivity contribution in [1.29, 1.82) is 0 Å². The zero-order valence-electron chi connectivity index (χ0n) is 10.8. The highest BCUT2D eigenvalue weighted by atomic mass is 35.5. The maximum atomic E-state index is 11.1. The molecule has 104 valence electrons. The molecular weight excluding hydrogens is 284 g/mol. The number of nitrogens with zero attached hydrogens (tertiary/aromatic N) is 2. The maximum Gasteiger partial charge on any atom is 0.356 e. The predicted molar refractivity (Wildman–Crippen MR) is 72.5 cm³/mol. The van der Waals surface area contributed by atoms with E-state index < -0.39 is 5.97 Å². The second-order valence-corrected chi connectivity index (χ2v) is 4.14. The molecule has 7 heteroatoms. The molecule has 6 nitrogen and oxygen atoms in total. The summed E-state index contributed by atoms with van der Waals surface area (Å²) >= 11 is 5.75. The molecule has 1 aromatic heterocycles. The van der Waals surface area contributed by atoms with Gasteiger partial charge in [0.1, 0.15) is 0 Å². The van der Waals surface area contributed by atoms with Crippen LogP contribution in [0.4, 0.5) is 0 Å². The molecule has 2 aromatic rings. The second-order valence-electron chi connectivity index (χ2n) is 3.74. The van der Waals surface area contributed by atoms with Crippen LogP contribution in [0.2, 0.25) is 5.02 Å². The fourth-order valence-corrected chi connectivity index (χ4v) is 1.88. The number of halogens is 1. The molecule has 0 saturated carbocycles. The number of aromatic nitrogens is 2. The van der Waals surface area contributed by atoms with E-state index in [4.69, 9.17) is 26.2 Å². The SMILES string of the molecule is COc1cccc(-c2ncc(Cl)c(C(=O)O)n2)c1OC. The molecule has 0 amide bonds. The Morgan fingerprint density at radius 2 is 2.05 bits per heavy atom. The van der Waals surface area contributed by atoms with Crippen LogP contribution in [0, 0.1) is 0 Å². The van der Waals surface area contributed by atoms with Gasteiger partial charge in [0.25, 0.3) is 0 Å². The van der Waals surface area contributed by atoms with Crippen LogP contribution in [0.3, 0.4) is 0 Å². The third-order valence-corrected chi connectivity index (χ3v) is 2.87. The molecule has 0 saturated heterocycles. The minimum absolute atomic E-state index is 0.0249. The van der Waals surface area contributed by atoms with Crippen LogP contribution < -0.4 is 9.47 Å². The van der Waals surface area contributed by atoms with Gasteiger partial charge in [-0.25, -0.2) is 14.8 Å². The molecule has 0 aliphatic carbocycles. The first-order valence-electron chi connectivity index (χ1n) is 5.55. The largest absolute Gasteiger partial charge is 0.493 e. The Morgan fingerprint density at radius 1 is 1.30 bits per heavy atom. The van der Waals surface area contributed by atoms with Gasteiger partial charge in [0, 0.05) is 0 Å². The van der Waals surface area contributed by atoms with Crippen LogP contribution >= 0.6 is 11.6 Å². The van der Waals surface area contributed by atoms with Crippen molar-refractivity contribution in [2.24, 2.45) is 0 Å². The smallest absolute Gasteiger partial charge is 0.356 e. The van der Waals surface area contributed by atoms with E-state index in [1.165, 1.54) is 20.4 Å². The molecule has 0 aliphatic rings. The topological polar surface area (TPSA) is 81.5 Å². The van der Waals surface area contributed by atoms with Crippen LogP contribution in [0.15, 0.2) is 24.4 Å². The van der Waals surface area contributed by atoms with Gasteiger partial charge in [0.15, 0.2) is 23.0 Å². The fourth-order valence-electron chi connectivity index (χ4n) is 1.71. The zero-order chi connectivity index (χ0) is 14.7. The lowest BCUT2D eigenvalue weighted by molar-refractivity contribution is 0.0690. The van der Waals surface area contributed by atoms with Crippen LogP contribution in [-0.4, -0.2) is 35.3 Å². The number of para-hydroxylation sites is 1. The number of methoxy groups -OCH3 is 2. The minimum Gasteiger partial charge on any atom is -0.493 e.